The highest BCUT2D eigenvalue weighted by atomic mass is 16.5. The molecular weight excluding hydrogens is 420 g/mol. The topological polar surface area (TPSA) is 105 Å². The Labute approximate surface area is 193 Å². The molecule has 0 aromatic heterocycles. The molecular formula is C26H30N2O5. The number of hydrogen-bond acceptors (Lipinski definition) is 4. The van der Waals surface area contributed by atoms with E-state index in [0.717, 1.165) is 22.3 Å². The summed E-state index contributed by atoms with van der Waals surface area (Å²) in [6.07, 6.45) is -0.0861. The lowest BCUT2D eigenvalue weighted by atomic mass is 9.86. The molecule has 0 aliphatic heterocycles. The van der Waals surface area contributed by atoms with Crippen molar-refractivity contribution in [3.05, 3.63) is 59.7 Å². The van der Waals surface area contributed by atoms with Gasteiger partial charge in [0.25, 0.3) is 0 Å². The quantitative estimate of drug-likeness (QED) is 0.596. The first-order valence-electron chi connectivity index (χ1n) is 11.3. The summed E-state index contributed by atoms with van der Waals surface area (Å²) in [7, 11) is 0. The van der Waals surface area contributed by atoms with Crippen molar-refractivity contribution in [3.63, 3.8) is 0 Å². The average molecular weight is 451 g/mol. The fourth-order valence-electron chi connectivity index (χ4n) is 4.54. The third-order valence-electron chi connectivity index (χ3n) is 6.51. The molecule has 2 aromatic rings. The number of carbonyl (C=O) groups is 3. The summed E-state index contributed by atoms with van der Waals surface area (Å²) >= 11 is 0. The van der Waals surface area contributed by atoms with Crippen molar-refractivity contribution in [2.24, 2.45) is 17.3 Å². The van der Waals surface area contributed by atoms with Gasteiger partial charge in [-0.15, -0.1) is 0 Å². The van der Waals surface area contributed by atoms with Gasteiger partial charge in [0.2, 0.25) is 5.91 Å². The molecule has 1 fully saturated rings. The molecule has 2 aliphatic rings. The van der Waals surface area contributed by atoms with Crippen LogP contribution in [0.5, 0.6) is 0 Å². The summed E-state index contributed by atoms with van der Waals surface area (Å²) in [6, 6.07) is 15.4. The van der Waals surface area contributed by atoms with Crippen LogP contribution in [0.1, 0.15) is 44.2 Å². The molecule has 3 atom stereocenters. The lowest BCUT2D eigenvalue weighted by molar-refractivity contribution is -0.139. The van der Waals surface area contributed by atoms with Gasteiger partial charge >= 0.3 is 12.1 Å². The zero-order chi connectivity index (χ0) is 23.8. The number of carboxylic acids is 1. The molecule has 4 rings (SSSR count). The van der Waals surface area contributed by atoms with Gasteiger partial charge in [-0.2, -0.15) is 0 Å². The summed E-state index contributed by atoms with van der Waals surface area (Å²) in [4.78, 5) is 36.5. The van der Waals surface area contributed by atoms with Gasteiger partial charge in [-0.25, -0.2) is 4.79 Å². The van der Waals surface area contributed by atoms with E-state index in [1.165, 1.54) is 0 Å². The summed E-state index contributed by atoms with van der Waals surface area (Å²) < 4.78 is 5.59. The molecule has 0 bridgehead atoms. The Balaban J connectivity index is 1.37. The Kier molecular flexibility index (Phi) is 6.15. The minimum atomic E-state index is -0.835. The van der Waals surface area contributed by atoms with Gasteiger partial charge in [-0.3, -0.25) is 9.59 Å². The van der Waals surface area contributed by atoms with Gasteiger partial charge < -0.3 is 20.5 Å². The van der Waals surface area contributed by atoms with E-state index >= 15 is 0 Å². The van der Waals surface area contributed by atoms with E-state index in [1.54, 1.807) is 0 Å². The van der Waals surface area contributed by atoms with Crippen LogP contribution in [0.15, 0.2) is 48.5 Å². The standard InChI is InChI=1S/C26H30N2O5/c1-26(2,3)22(23(29)27-13-15-12-20(15)24(30)31)28-25(32)33-14-21-18-10-6-4-8-16(18)17-9-5-7-11-19(17)21/h4-11,15,20-22H,12-14H2,1-3H3,(H,27,29)(H,28,32)(H,30,31)/t15-,20-,22+/m1/s1. The molecule has 7 heteroatoms. The molecule has 2 aliphatic carbocycles. The van der Waals surface area contributed by atoms with E-state index in [9.17, 15) is 14.4 Å². The highest BCUT2D eigenvalue weighted by Gasteiger charge is 2.44. The number of aliphatic carboxylic acids is 1. The molecule has 0 unspecified atom stereocenters. The third kappa shape index (κ3) is 4.87. The van der Waals surface area contributed by atoms with Gasteiger partial charge in [-0.1, -0.05) is 69.3 Å². The molecule has 33 heavy (non-hydrogen) atoms. The van der Waals surface area contributed by atoms with Gasteiger partial charge in [0, 0.05) is 12.5 Å². The van der Waals surface area contributed by atoms with Crippen molar-refractivity contribution < 1.29 is 24.2 Å². The Morgan fingerprint density at radius 3 is 2.12 bits per heavy atom. The number of alkyl carbamates (subject to hydrolysis) is 1. The number of benzene rings is 2. The van der Waals surface area contributed by atoms with Gasteiger partial charge in [0.05, 0.1) is 5.92 Å². The minimum absolute atomic E-state index is 0.0541. The fourth-order valence-corrected chi connectivity index (χ4v) is 4.54. The predicted octanol–water partition coefficient (Wildman–Crippen LogP) is 3.78. The van der Waals surface area contributed by atoms with Crippen LogP contribution >= 0.6 is 0 Å². The summed E-state index contributed by atoms with van der Waals surface area (Å²) in [5.74, 6) is -1.69. The van der Waals surface area contributed by atoms with E-state index in [1.807, 2.05) is 45.0 Å². The van der Waals surface area contributed by atoms with Crippen molar-refractivity contribution in [2.45, 2.75) is 39.2 Å². The fraction of sp³-hybridized carbons (Fsp3) is 0.423. The van der Waals surface area contributed by atoms with Crippen LogP contribution in [0.3, 0.4) is 0 Å². The van der Waals surface area contributed by atoms with E-state index in [-0.39, 0.29) is 30.9 Å². The summed E-state index contributed by atoms with van der Waals surface area (Å²) in [5.41, 5.74) is 3.98. The second kappa shape index (κ2) is 8.89. The molecule has 0 saturated heterocycles. The Morgan fingerprint density at radius 2 is 1.61 bits per heavy atom. The van der Waals surface area contributed by atoms with E-state index < -0.39 is 29.4 Å². The van der Waals surface area contributed by atoms with Crippen molar-refractivity contribution in [1.29, 1.82) is 0 Å². The van der Waals surface area contributed by atoms with Crippen LogP contribution in [0.2, 0.25) is 0 Å². The third-order valence-corrected chi connectivity index (χ3v) is 6.51. The normalized spacial score (nSPS) is 19.7. The zero-order valence-electron chi connectivity index (χ0n) is 19.1. The molecule has 1 saturated carbocycles. The summed E-state index contributed by atoms with van der Waals surface area (Å²) in [6.45, 7) is 6.03. The molecule has 3 N–H and O–H groups in total. The SMILES string of the molecule is CC(C)(C)[C@@H](NC(=O)OCC1c2ccccc2-c2ccccc21)C(=O)NC[C@H]1C[C@H]1C(=O)O. The number of fused-ring (bicyclic) bond motifs is 3. The van der Waals surface area contributed by atoms with E-state index in [2.05, 4.69) is 34.9 Å². The van der Waals surface area contributed by atoms with Crippen LogP contribution < -0.4 is 10.6 Å². The number of ether oxygens (including phenoxy) is 1. The molecule has 0 radical (unpaired) electrons. The first-order valence-corrected chi connectivity index (χ1v) is 11.3. The first kappa shape index (κ1) is 22.8. The van der Waals surface area contributed by atoms with Gasteiger partial charge in [0.1, 0.15) is 12.6 Å². The zero-order valence-corrected chi connectivity index (χ0v) is 19.1. The molecule has 0 heterocycles. The molecule has 0 spiro atoms. The van der Waals surface area contributed by atoms with Crippen molar-refractivity contribution in [3.8, 4) is 11.1 Å². The molecule has 2 amide bonds. The Hall–Kier alpha value is -3.35. The largest absolute Gasteiger partial charge is 0.481 e. The number of carboxylic acid groups (broad SMARTS) is 1. The van der Waals surface area contributed by atoms with E-state index in [0.29, 0.717) is 6.42 Å². The second-order valence-electron chi connectivity index (χ2n) is 9.95. The lowest BCUT2D eigenvalue weighted by Crippen LogP contribution is -2.54. The Bertz CT molecular complexity index is 1030. The maximum absolute atomic E-state index is 12.8. The van der Waals surface area contributed by atoms with Gasteiger partial charge in [0.15, 0.2) is 0 Å². The van der Waals surface area contributed by atoms with Crippen LogP contribution in [-0.4, -0.2) is 42.3 Å². The average Bonchev–Trinajstić information content (AvgIpc) is 3.49. The van der Waals surface area contributed by atoms with Crippen LogP contribution in [-0.2, 0) is 14.3 Å². The van der Waals surface area contributed by atoms with Crippen LogP contribution in [0, 0.1) is 17.3 Å². The number of amides is 2. The number of hydrogen-bond donors (Lipinski definition) is 3. The van der Waals surface area contributed by atoms with Crippen LogP contribution in [0.25, 0.3) is 11.1 Å². The highest BCUT2D eigenvalue weighted by Crippen LogP contribution is 2.44. The maximum Gasteiger partial charge on any atom is 0.407 e. The number of carbonyl (C=O) groups excluding carboxylic acids is 2. The molecule has 174 valence electrons. The first-order chi connectivity index (χ1) is 15.7. The number of rotatable bonds is 7. The second-order valence-corrected chi connectivity index (χ2v) is 9.95. The van der Waals surface area contributed by atoms with Crippen molar-refractivity contribution in [1.82, 2.24) is 10.6 Å². The van der Waals surface area contributed by atoms with Crippen molar-refractivity contribution >= 4 is 18.0 Å². The minimum Gasteiger partial charge on any atom is -0.481 e. The lowest BCUT2D eigenvalue weighted by Gasteiger charge is -2.30. The molecule has 7 nitrogen and oxygen atoms in total. The Morgan fingerprint density at radius 1 is 1.03 bits per heavy atom. The van der Waals surface area contributed by atoms with Gasteiger partial charge in [-0.05, 0) is 40.0 Å². The smallest absolute Gasteiger partial charge is 0.407 e. The number of nitrogens with one attached hydrogen (secondary N) is 2. The molecule has 2 aromatic carbocycles. The maximum atomic E-state index is 12.8. The van der Waals surface area contributed by atoms with Crippen LogP contribution in [0.4, 0.5) is 4.79 Å². The van der Waals surface area contributed by atoms with Crippen molar-refractivity contribution in [2.75, 3.05) is 13.2 Å². The highest BCUT2D eigenvalue weighted by molar-refractivity contribution is 5.86. The summed E-state index contributed by atoms with van der Waals surface area (Å²) in [5, 5.41) is 14.5. The van der Waals surface area contributed by atoms with E-state index in [4.69, 9.17) is 9.84 Å². The monoisotopic (exact) mass is 450 g/mol. The predicted molar refractivity (Wildman–Crippen MR) is 124 cm³/mol.